The van der Waals surface area contributed by atoms with Crippen LogP contribution in [-0.4, -0.2) is 0 Å². The van der Waals surface area contributed by atoms with Gasteiger partial charge in [0.2, 0.25) is 0 Å². The van der Waals surface area contributed by atoms with Crippen LogP contribution in [-0.2, 0) is 0 Å². The minimum atomic E-state index is -0.401. The highest BCUT2D eigenvalue weighted by Gasteiger charge is 2.14. The van der Waals surface area contributed by atoms with Crippen LogP contribution in [0.1, 0.15) is 17.4 Å². The molecule has 2 nitrogen and oxygen atoms in total. The van der Waals surface area contributed by atoms with E-state index in [4.69, 9.17) is 45.0 Å². The van der Waals surface area contributed by atoms with Gasteiger partial charge in [0.25, 0.3) is 0 Å². The first-order valence-electron chi connectivity index (χ1n) is 4.53. The van der Waals surface area contributed by atoms with Gasteiger partial charge in [-0.3, -0.25) is 0 Å². The van der Waals surface area contributed by atoms with Crippen molar-refractivity contribution in [3.63, 3.8) is 0 Å². The normalized spacial score (nSPS) is 12.8. The molecule has 0 radical (unpaired) electrons. The summed E-state index contributed by atoms with van der Waals surface area (Å²) in [6.45, 7) is 0. The summed E-state index contributed by atoms with van der Waals surface area (Å²) in [7, 11) is 0. The highest BCUT2D eigenvalue weighted by Crippen LogP contribution is 2.29. The molecule has 0 amide bonds. The minimum absolute atomic E-state index is 0.311. The lowest BCUT2D eigenvalue weighted by Crippen LogP contribution is -2.10. The zero-order valence-electron chi connectivity index (χ0n) is 8.08. The molecule has 1 aromatic carbocycles. The monoisotopic (exact) mass is 275 g/mol. The van der Waals surface area contributed by atoms with E-state index in [1.54, 1.807) is 30.3 Å². The average molecular weight is 277 g/mol. The molecule has 2 rings (SSSR count). The number of benzene rings is 1. The number of nitrogens with two attached hydrogens (primary N) is 1. The van der Waals surface area contributed by atoms with Crippen molar-refractivity contribution in [3.05, 3.63) is 56.9 Å². The molecule has 2 N–H and O–H groups in total. The van der Waals surface area contributed by atoms with Crippen molar-refractivity contribution in [1.82, 2.24) is 0 Å². The van der Waals surface area contributed by atoms with Crippen molar-refractivity contribution >= 4 is 34.8 Å². The Bertz CT molecular complexity index is 510. The van der Waals surface area contributed by atoms with Gasteiger partial charge >= 0.3 is 0 Å². The zero-order chi connectivity index (χ0) is 11.7. The third-order valence-electron chi connectivity index (χ3n) is 2.20. The summed E-state index contributed by atoms with van der Waals surface area (Å²) in [6.07, 6.45) is 0. The van der Waals surface area contributed by atoms with Gasteiger partial charge in [-0.15, -0.1) is 0 Å². The van der Waals surface area contributed by atoms with Gasteiger partial charge in [-0.05, 0) is 41.4 Å². The lowest BCUT2D eigenvalue weighted by molar-refractivity contribution is 0.491. The second-order valence-electron chi connectivity index (χ2n) is 3.29. The molecule has 5 heteroatoms. The van der Waals surface area contributed by atoms with E-state index in [2.05, 4.69) is 0 Å². The fourth-order valence-corrected chi connectivity index (χ4v) is 1.82. The molecule has 16 heavy (non-hydrogen) atoms. The van der Waals surface area contributed by atoms with Gasteiger partial charge in [-0.25, -0.2) is 0 Å². The first-order chi connectivity index (χ1) is 7.58. The highest BCUT2D eigenvalue weighted by molar-refractivity contribution is 6.42. The molecule has 1 unspecified atom stereocenters. The van der Waals surface area contributed by atoms with Crippen LogP contribution in [0.25, 0.3) is 0 Å². The molecular weight excluding hydrogens is 268 g/mol. The molecule has 2 aromatic rings. The summed E-state index contributed by atoms with van der Waals surface area (Å²) in [4.78, 5) is 0. The summed E-state index contributed by atoms with van der Waals surface area (Å²) < 4.78 is 5.23. The van der Waals surface area contributed by atoms with E-state index in [1.807, 2.05) is 0 Å². The van der Waals surface area contributed by atoms with Crippen LogP contribution < -0.4 is 5.73 Å². The van der Waals surface area contributed by atoms with Crippen molar-refractivity contribution in [2.24, 2.45) is 5.73 Å². The number of halogens is 3. The average Bonchev–Trinajstić information content (AvgIpc) is 2.68. The molecule has 0 aliphatic rings. The Labute approximate surface area is 108 Å². The second-order valence-corrected chi connectivity index (χ2v) is 4.48. The predicted molar refractivity (Wildman–Crippen MR) is 66.2 cm³/mol. The number of hydrogen-bond acceptors (Lipinski definition) is 2. The van der Waals surface area contributed by atoms with Crippen LogP contribution in [0.15, 0.2) is 34.7 Å². The van der Waals surface area contributed by atoms with Gasteiger partial charge in [0, 0.05) is 0 Å². The quantitative estimate of drug-likeness (QED) is 0.889. The summed E-state index contributed by atoms with van der Waals surface area (Å²) in [5, 5.41) is 1.27. The molecule has 1 atom stereocenters. The molecule has 0 saturated carbocycles. The Hall–Kier alpha value is -0.670. The van der Waals surface area contributed by atoms with Gasteiger partial charge in [-0.2, -0.15) is 0 Å². The van der Waals surface area contributed by atoms with Crippen LogP contribution in [0.2, 0.25) is 15.3 Å². The van der Waals surface area contributed by atoms with Gasteiger partial charge in [-0.1, -0.05) is 29.3 Å². The van der Waals surface area contributed by atoms with E-state index < -0.39 is 6.04 Å². The van der Waals surface area contributed by atoms with E-state index >= 15 is 0 Å². The largest absolute Gasteiger partial charge is 0.448 e. The van der Waals surface area contributed by atoms with E-state index in [0.29, 0.717) is 21.0 Å². The topological polar surface area (TPSA) is 39.2 Å². The SMILES string of the molecule is NC(c1ccc(Cl)c(Cl)c1)c1ccc(Cl)o1. The van der Waals surface area contributed by atoms with Gasteiger partial charge < -0.3 is 10.2 Å². The third kappa shape index (κ3) is 2.36. The Kier molecular flexibility index (Phi) is 3.45. The molecule has 1 aromatic heterocycles. The van der Waals surface area contributed by atoms with Crippen LogP contribution in [0.5, 0.6) is 0 Å². The number of rotatable bonds is 2. The summed E-state index contributed by atoms with van der Waals surface area (Å²) >= 11 is 17.4. The molecule has 1 heterocycles. The summed E-state index contributed by atoms with van der Waals surface area (Å²) in [5.41, 5.74) is 6.81. The second kappa shape index (κ2) is 4.68. The molecular formula is C11H8Cl3NO. The van der Waals surface area contributed by atoms with E-state index in [0.717, 1.165) is 5.56 Å². The Morgan fingerprint density at radius 3 is 2.31 bits per heavy atom. The molecule has 0 fully saturated rings. The van der Waals surface area contributed by atoms with E-state index in [1.165, 1.54) is 0 Å². The zero-order valence-corrected chi connectivity index (χ0v) is 10.4. The van der Waals surface area contributed by atoms with E-state index in [-0.39, 0.29) is 0 Å². The minimum Gasteiger partial charge on any atom is -0.448 e. The Morgan fingerprint density at radius 2 is 1.75 bits per heavy atom. The van der Waals surface area contributed by atoms with E-state index in [9.17, 15) is 0 Å². The van der Waals surface area contributed by atoms with Crippen molar-refractivity contribution in [1.29, 1.82) is 0 Å². The van der Waals surface area contributed by atoms with Crippen LogP contribution in [0.4, 0.5) is 0 Å². The molecule has 0 saturated heterocycles. The first kappa shape index (κ1) is 11.8. The molecule has 84 valence electrons. The fraction of sp³-hybridized carbons (Fsp3) is 0.0909. The van der Waals surface area contributed by atoms with Gasteiger partial charge in [0.15, 0.2) is 5.22 Å². The first-order valence-corrected chi connectivity index (χ1v) is 5.67. The molecule has 0 aliphatic heterocycles. The van der Waals surface area contributed by atoms with Crippen molar-refractivity contribution in [3.8, 4) is 0 Å². The van der Waals surface area contributed by atoms with Crippen molar-refractivity contribution in [2.45, 2.75) is 6.04 Å². The molecule has 0 bridgehead atoms. The maximum Gasteiger partial charge on any atom is 0.193 e. The fourth-order valence-electron chi connectivity index (χ4n) is 1.37. The van der Waals surface area contributed by atoms with Crippen LogP contribution in [0.3, 0.4) is 0 Å². The van der Waals surface area contributed by atoms with Crippen molar-refractivity contribution in [2.75, 3.05) is 0 Å². The van der Waals surface area contributed by atoms with Crippen molar-refractivity contribution < 1.29 is 4.42 Å². The standard InChI is InChI=1S/C11H8Cl3NO/c12-7-2-1-6(5-8(7)13)11(15)9-3-4-10(14)16-9/h1-5,11H,15H2. The number of furan rings is 1. The summed E-state index contributed by atoms with van der Waals surface area (Å²) in [6, 6.07) is 8.19. The maximum absolute atomic E-state index is 5.99. The van der Waals surface area contributed by atoms with Crippen LogP contribution in [0, 0.1) is 0 Å². The highest BCUT2D eigenvalue weighted by atomic mass is 35.5. The summed E-state index contributed by atoms with van der Waals surface area (Å²) in [5.74, 6) is 0.586. The van der Waals surface area contributed by atoms with Gasteiger partial charge in [0.05, 0.1) is 16.1 Å². The Morgan fingerprint density at radius 1 is 1.00 bits per heavy atom. The van der Waals surface area contributed by atoms with Crippen LogP contribution >= 0.6 is 34.8 Å². The van der Waals surface area contributed by atoms with Gasteiger partial charge in [0.1, 0.15) is 5.76 Å². The Balaban J connectivity index is 2.33. The predicted octanol–water partition coefficient (Wildman–Crippen LogP) is 4.29. The third-order valence-corrected chi connectivity index (χ3v) is 3.15. The lowest BCUT2D eigenvalue weighted by atomic mass is 10.1. The molecule has 0 aliphatic carbocycles. The molecule has 0 spiro atoms. The smallest absolute Gasteiger partial charge is 0.193 e. The maximum atomic E-state index is 5.99. The lowest BCUT2D eigenvalue weighted by Gasteiger charge is -2.09. The number of hydrogen-bond donors (Lipinski definition) is 1.